The van der Waals surface area contributed by atoms with Crippen LogP contribution in [0.3, 0.4) is 0 Å². The summed E-state index contributed by atoms with van der Waals surface area (Å²) in [5.74, 6) is 0. The normalized spacial score (nSPS) is 21.9. The number of hydroxylamine groups is 2. The Morgan fingerprint density at radius 1 is 1.29 bits per heavy atom. The molecule has 0 aromatic heterocycles. The fourth-order valence-electron chi connectivity index (χ4n) is 1.89. The van der Waals surface area contributed by atoms with Gasteiger partial charge >= 0.3 is 10.1 Å². The van der Waals surface area contributed by atoms with Gasteiger partial charge in [-0.2, -0.15) is 17.8 Å². The monoisotopic (exact) mass is 255 g/mol. The van der Waals surface area contributed by atoms with Crippen molar-refractivity contribution in [2.24, 2.45) is 0 Å². The van der Waals surface area contributed by atoms with Crippen molar-refractivity contribution in [3.05, 3.63) is 29.8 Å². The summed E-state index contributed by atoms with van der Waals surface area (Å²) in [6, 6.07) is 6.85. The highest BCUT2D eigenvalue weighted by molar-refractivity contribution is 7.86. The Balaban J connectivity index is 2.16. The van der Waals surface area contributed by atoms with Gasteiger partial charge in [0, 0.05) is 12.6 Å². The van der Waals surface area contributed by atoms with Gasteiger partial charge in [-0.1, -0.05) is 17.7 Å². The number of nitrogens with zero attached hydrogens (tertiary/aromatic N) is 1. The summed E-state index contributed by atoms with van der Waals surface area (Å²) in [5, 5.41) is 1.55. The predicted molar refractivity (Wildman–Crippen MR) is 64.9 cm³/mol. The highest BCUT2D eigenvalue weighted by atomic mass is 32.2. The summed E-state index contributed by atoms with van der Waals surface area (Å²) in [4.78, 5) is 0.210. The van der Waals surface area contributed by atoms with Gasteiger partial charge in [0.1, 0.15) is 0 Å². The smallest absolute Gasteiger partial charge is 0.192 e. The Kier molecular flexibility index (Phi) is 3.51. The summed E-state index contributed by atoms with van der Waals surface area (Å²) in [6.07, 6.45) is 1.95. The Morgan fingerprint density at radius 2 is 1.94 bits per heavy atom. The largest absolute Gasteiger partial charge is 0.313 e. The summed E-state index contributed by atoms with van der Waals surface area (Å²) in [5.41, 5.74) is 1.03. The van der Waals surface area contributed by atoms with E-state index < -0.39 is 10.1 Å². The summed E-state index contributed by atoms with van der Waals surface area (Å²) in [6.45, 7) is 4.56. The molecule has 0 radical (unpaired) electrons. The van der Waals surface area contributed by atoms with E-state index in [0.29, 0.717) is 6.54 Å². The lowest BCUT2D eigenvalue weighted by Crippen LogP contribution is -2.30. The van der Waals surface area contributed by atoms with E-state index in [1.54, 1.807) is 29.3 Å². The van der Waals surface area contributed by atoms with Crippen LogP contribution in [0.15, 0.2) is 29.2 Å². The summed E-state index contributed by atoms with van der Waals surface area (Å²) >= 11 is 0. The van der Waals surface area contributed by atoms with Gasteiger partial charge in [0.15, 0.2) is 0 Å². The standard InChI is InChI=1S/C12H17NO3S/c1-10-5-7-12(8-6-10)17(14,15)16-13-9-3-4-11(13)2/h5-8,11H,3-4,9H2,1-2H3/t11-/m0/s1. The molecule has 0 aliphatic carbocycles. The van der Waals surface area contributed by atoms with Crippen LogP contribution in [0.5, 0.6) is 0 Å². The predicted octanol–water partition coefficient (Wildman–Crippen LogP) is 2.10. The molecule has 1 saturated heterocycles. The fraction of sp³-hybridized carbons (Fsp3) is 0.500. The Bertz CT molecular complexity index is 481. The minimum Gasteiger partial charge on any atom is -0.192 e. The van der Waals surface area contributed by atoms with Gasteiger partial charge in [0.2, 0.25) is 0 Å². The Morgan fingerprint density at radius 3 is 2.47 bits per heavy atom. The van der Waals surface area contributed by atoms with E-state index in [9.17, 15) is 8.42 Å². The minimum absolute atomic E-state index is 0.162. The lowest BCUT2D eigenvalue weighted by atomic mass is 10.2. The van der Waals surface area contributed by atoms with E-state index >= 15 is 0 Å². The zero-order chi connectivity index (χ0) is 12.5. The maximum absolute atomic E-state index is 12.0. The van der Waals surface area contributed by atoms with Gasteiger partial charge in [-0.05, 0) is 38.8 Å². The first-order valence-electron chi connectivity index (χ1n) is 5.77. The molecule has 0 unspecified atom stereocenters. The first-order valence-corrected chi connectivity index (χ1v) is 7.18. The fourth-order valence-corrected chi connectivity index (χ4v) is 2.92. The van der Waals surface area contributed by atoms with Crippen molar-refractivity contribution in [1.29, 1.82) is 0 Å². The first kappa shape index (κ1) is 12.5. The van der Waals surface area contributed by atoms with Crippen LogP contribution in [0.25, 0.3) is 0 Å². The second-order valence-corrected chi connectivity index (χ2v) is 6.00. The highest BCUT2D eigenvalue weighted by Crippen LogP contribution is 2.21. The Labute approximate surface area is 102 Å². The molecule has 5 heteroatoms. The second kappa shape index (κ2) is 4.76. The van der Waals surface area contributed by atoms with Crippen LogP contribution in [0.2, 0.25) is 0 Å². The number of rotatable bonds is 3. The lowest BCUT2D eigenvalue weighted by molar-refractivity contribution is -0.0579. The van der Waals surface area contributed by atoms with Crippen molar-refractivity contribution in [3.8, 4) is 0 Å². The van der Waals surface area contributed by atoms with Crippen LogP contribution in [0.1, 0.15) is 25.3 Å². The number of aryl methyl sites for hydroxylation is 1. The molecule has 1 aliphatic heterocycles. The molecule has 1 aromatic carbocycles. The quantitative estimate of drug-likeness (QED) is 0.830. The van der Waals surface area contributed by atoms with Gasteiger partial charge in [-0.25, -0.2) is 0 Å². The van der Waals surface area contributed by atoms with Crippen LogP contribution >= 0.6 is 0 Å². The molecule has 1 aliphatic rings. The zero-order valence-electron chi connectivity index (χ0n) is 10.1. The van der Waals surface area contributed by atoms with Gasteiger partial charge in [0.05, 0.1) is 4.90 Å². The minimum atomic E-state index is -3.67. The topological polar surface area (TPSA) is 46.6 Å². The number of hydrogen-bond acceptors (Lipinski definition) is 4. The van der Waals surface area contributed by atoms with E-state index in [-0.39, 0.29) is 10.9 Å². The van der Waals surface area contributed by atoms with Crippen molar-refractivity contribution in [1.82, 2.24) is 5.06 Å². The van der Waals surface area contributed by atoms with Crippen molar-refractivity contribution in [2.45, 2.75) is 37.6 Å². The lowest BCUT2D eigenvalue weighted by Gasteiger charge is -2.19. The molecule has 0 spiro atoms. The average molecular weight is 255 g/mol. The Hall–Kier alpha value is -0.910. The van der Waals surface area contributed by atoms with E-state index in [1.807, 2.05) is 13.8 Å². The first-order chi connectivity index (χ1) is 7.99. The summed E-state index contributed by atoms with van der Waals surface area (Å²) in [7, 11) is -3.67. The van der Waals surface area contributed by atoms with Crippen LogP contribution in [-0.4, -0.2) is 26.1 Å². The highest BCUT2D eigenvalue weighted by Gasteiger charge is 2.27. The van der Waals surface area contributed by atoms with E-state index in [1.165, 1.54) is 0 Å². The van der Waals surface area contributed by atoms with Crippen LogP contribution < -0.4 is 0 Å². The maximum Gasteiger partial charge on any atom is 0.313 e. The van der Waals surface area contributed by atoms with Crippen LogP contribution in [0.4, 0.5) is 0 Å². The van der Waals surface area contributed by atoms with Gasteiger partial charge in [-0.3, -0.25) is 0 Å². The molecular formula is C12H17NO3S. The molecule has 17 heavy (non-hydrogen) atoms. The molecular weight excluding hydrogens is 238 g/mol. The van der Waals surface area contributed by atoms with Gasteiger partial charge < -0.3 is 0 Å². The number of hydrogen-bond donors (Lipinski definition) is 0. The van der Waals surface area contributed by atoms with Crippen molar-refractivity contribution < 1.29 is 12.7 Å². The molecule has 1 heterocycles. The SMILES string of the molecule is Cc1ccc(S(=O)(=O)ON2CCC[C@@H]2C)cc1. The molecule has 0 amide bonds. The third-order valence-electron chi connectivity index (χ3n) is 3.00. The number of benzene rings is 1. The van der Waals surface area contributed by atoms with Crippen molar-refractivity contribution >= 4 is 10.1 Å². The molecule has 0 saturated carbocycles. The summed E-state index contributed by atoms with van der Waals surface area (Å²) < 4.78 is 29.1. The second-order valence-electron chi connectivity index (χ2n) is 4.47. The maximum atomic E-state index is 12.0. The third-order valence-corrected chi connectivity index (χ3v) is 4.23. The molecule has 1 aromatic rings. The molecule has 1 atom stereocenters. The zero-order valence-corrected chi connectivity index (χ0v) is 10.9. The third kappa shape index (κ3) is 2.86. The van der Waals surface area contributed by atoms with Crippen LogP contribution in [0, 0.1) is 6.92 Å². The molecule has 4 nitrogen and oxygen atoms in total. The van der Waals surface area contributed by atoms with E-state index in [4.69, 9.17) is 4.28 Å². The molecule has 94 valence electrons. The average Bonchev–Trinajstić information content (AvgIpc) is 2.64. The van der Waals surface area contributed by atoms with E-state index in [0.717, 1.165) is 18.4 Å². The van der Waals surface area contributed by atoms with Gasteiger partial charge in [-0.15, -0.1) is 0 Å². The van der Waals surface area contributed by atoms with Crippen molar-refractivity contribution in [2.75, 3.05) is 6.54 Å². The van der Waals surface area contributed by atoms with Gasteiger partial charge in [0.25, 0.3) is 0 Å². The van der Waals surface area contributed by atoms with Crippen LogP contribution in [-0.2, 0) is 14.4 Å². The molecule has 1 fully saturated rings. The van der Waals surface area contributed by atoms with Crippen molar-refractivity contribution in [3.63, 3.8) is 0 Å². The molecule has 0 N–H and O–H groups in total. The molecule has 2 rings (SSSR count). The van der Waals surface area contributed by atoms with E-state index in [2.05, 4.69) is 0 Å². The molecule has 0 bridgehead atoms.